The quantitative estimate of drug-likeness (QED) is 0.636. The van der Waals surface area contributed by atoms with Crippen molar-refractivity contribution >= 4 is 0 Å². The molecule has 2 aliphatic rings. The number of unbranched alkanes of at least 4 members (excludes halogenated alkanes) is 5. The molecule has 2 bridgehead atoms. The van der Waals surface area contributed by atoms with E-state index in [2.05, 4.69) is 24.1 Å². The Morgan fingerprint density at radius 2 is 1.53 bits per heavy atom. The standard InChI is InChI=1S/C17H34N2/c1-3-5-6-7-8-9-12-19-16-10-11-17(19)14-15(13-16)18-4-2/h15-18H,3-14H2,1-2H3. The average Bonchev–Trinajstić information content (AvgIpc) is 2.65. The summed E-state index contributed by atoms with van der Waals surface area (Å²) in [6.07, 6.45) is 14.3. The van der Waals surface area contributed by atoms with Gasteiger partial charge in [0, 0.05) is 18.1 Å². The van der Waals surface area contributed by atoms with E-state index in [4.69, 9.17) is 0 Å². The van der Waals surface area contributed by atoms with E-state index in [1.54, 1.807) is 0 Å². The molecule has 112 valence electrons. The van der Waals surface area contributed by atoms with E-state index in [0.29, 0.717) is 0 Å². The van der Waals surface area contributed by atoms with Gasteiger partial charge in [-0.05, 0) is 45.2 Å². The van der Waals surface area contributed by atoms with E-state index in [1.165, 1.54) is 70.8 Å². The molecule has 0 spiro atoms. The summed E-state index contributed by atoms with van der Waals surface area (Å²) in [5, 5.41) is 3.67. The first-order chi connectivity index (χ1) is 9.35. The maximum absolute atomic E-state index is 3.67. The van der Waals surface area contributed by atoms with Crippen LogP contribution in [0.2, 0.25) is 0 Å². The van der Waals surface area contributed by atoms with Gasteiger partial charge in [0.2, 0.25) is 0 Å². The fourth-order valence-electron chi connectivity index (χ4n) is 4.17. The lowest BCUT2D eigenvalue weighted by Crippen LogP contribution is -2.49. The molecule has 2 fully saturated rings. The van der Waals surface area contributed by atoms with E-state index in [9.17, 15) is 0 Å². The molecule has 0 saturated carbocycles. The molecule has 2 rings (SSSR count). The van der Waals surface area contributed by atoms with Gasteiger partial charge in [-0.2, -0.15) is 0 Å². The Labute approximate surface area is 120 Å². The van der Waals surface area contributed by atoms with Crippen LogP contribution in [0.4, 0.5) is 0 Å². The average molecular weight is 266 g/mol. The van der Waals surface area contributed by atoms with Crippen LogP contribution in [0.15, 0.2) is 0 Å². The van der Waals surface area contributed by atoms with Crippen LogP contribution in [0.5, 0.6) is 0 Å². The van der Waals surface area contributed by atoms with E-state index in [-0.39, 0.29) is 0 Å². The molecule has 2 heteroatoms. The van der Waals surface area contributed by atoms with Crippen LogP contribution in [0, 0.1) is 0 Å². The summed E-state index contributed by atoms with van der Waals surface area (Å²) in [4.78, 5) is 2.85. The first kappa shape index (κ1) is 15.3. The largest absolute Gasteiger partial charge is 0.314 e. The van der Waals surface area contributed by atoms with Crippen LogP contribution >= 0.6 is 0 Å². The third kappa shape index (κ3) is 4.46. The summed E-state index contributed by atoms with van der Waals surface area (Å²) in [5.74, 6) is 0. The van der Waals surface area contributed by atoms with Crippen molar-refractivity contribution in [2.45, 2.75) is 96.2 Å². The van der Waals surface area contributed by atoms with Crippen LogP contribution in [-0.4, -0.2) is 36.1 Å². The second kappa shape index (κ2) is 8.26. The highest BCUT2D eigenvalue weighted by molar-refractivity contribution is 4.97. The van der Waals surface area contributed by atoms with Crippen molar-refractivity contribution in [2.75, 3.05) is 13.1 Å². The Kier molecular flexibility index (Phi) is 6.66. The molecule has 2 saturated heterocycles. The van der Waals surface area contributed by atoms with E-state index in [0.717, 1.165) is 24.7 Å². The van der Waals surface area contributed by atoms with E-state index in [1.807, 2.05) is 0 Å². The van der Waals surface area contributed by atoms with Gasteiger partial charge in [-0.1, -0.05) is 46.0 Å². The smallest absolute Gasteiger partial charge is 0.0114 e. The van der Waals surface area contributed by atoms with Crippen molar-refractivity contribution in [3.05, 3.63) is 0 Å². The van der Waals surface area contributed by atoms with Crippen LogP contribution in [0.3, 0.4) is 0 Å². The van der Waals surface area contributed by atoms with Gasteiger partial charge < -0.3 is 5.32 Å². The van der Waals surface area contributed by atoms with Crippen molar-refractivity contribution < 1.29 is 0 Å². The van der Waals surface area contributed by atoms with E-state index >= 15 is 0 Å². The number of rotatable bonds is 9. The Morgan fingerprint density at radius 3 is 2.16 bits per heavy atom. The normalized spacial score (nSPS) is 30.9. The lowest BCUT2D eigenvalue weighted by Gasteiger charge is -2.39. The van der Waals surface area contributed by atoms with E-state index < -0.39 is 0 Å². The zero-order chi connectivity index (χ0) is 13.5. The van der Waals surface area contributed by atoms with Crippen molar-refractivity contribution in [1.29, 1.82) is 0 Å². The summed E-state index contributed by atoms with van der Waals surface area (Å²) >= 11 is 0. The topological polar surface area (TPSA) is 15.3 Å². The van der Waals surface area contributed by atoms with Gasteiger partial charge in [0.1, 0.15) is 0 Å². The number of hydrogen-bond donors (Lipinski definition) is 1. The van der Waals surface area contributed by atoms with Crippen molar-refractivity contribution in [2.24, 2.45) is 0 Å². The molecule has 0 aromatic carbocycles. The molecule has 2 nitrogen and oxygen atoms in total. The number of piperidine rings is 1. The lowest BCUT2D eigenvalue weighted by molar-refractivity contribution is 0.115. The molecule has 0 aromatic rings. The SMILES string of the molecule is CCCCCCCCN1C2CCC1CC(NCC)C2. The second-order valence-electron chi connectivity index (χ2n) is 6.62. The number of nitrogens with zero attached hydrogens (tertiary/aromatic N) is 1. The zero-order valence-electron chi connectivity index (χ0n) is 13.2. The molecule has 2 aliphatic heterocycles. The number of nitrogens with one attached hydrogen (secondary N) is 1. The second-order valence-corrected chi connectivity index (χ2v) is 6.62. The number of fused-ring (bicyclic) bond motifs is 2. The molecule has 0 aromatic heterocycles. The molecule has 19 heavy (non-hydrogen) atoms. The van der Waals surface area contributed by atoms with Crippen LogP contribution in [0.25, 0.3) is 0 Å². The minimum Gasteiger partial charge on any atom is -0.314 e. The predicted octanol–water partition coefficient (Wildman–Crippen LogP) is 3.95. The molecular formula is C17H34N2. The Bertz CT molecular complexity index is 227. The third-order valence-electron chi connectivity index (χ3n) is 5.15. The Balaban J connectivity index is 1.63. The van der Waals surface area contributed by atoms with Gasteiger partial charge in [-0.25, -0.2) is 0 Å². The van der Waals surface area contributed by atoms with Crippen LogP contribution < -0.4 is 5.32 Å². The third-order valence-corrected chi connectivity index (χ3v) is 5.15. The van der Waals surface area contributed by atoms with Crippen LogP contribution in [0.1, 0.15) is 78.1 Å². The van der Waals surface area contributed by atoms with Crippen molar-refractivity contribution in [3.63, 3.8) is 0 Å². The van der Waals surface area contributed by atoms with Gasteiger partial charge in [0.05, 0.1) is 0 Å². The molecule has 2 atom stereocenters. The fourth-order valence-corrected chi connectivity index (χ4v) is 4.17. The summed E-state index contributed by atoms with van der Waals surface area (Å²) in [6, 6.07) is 2.61. The van der Waals surface area contributed by atoms with Gasteiger partial charge in [0.15, 0.2) is 0 Å². The van der Waals surface area contributed by atoms with Gasteiger partial charge >= 0.3 is 0 Å². The molecule has 2 unspecified atom stereocenters. The molecule has 0 radical (unpaired) electrons. The van der Waals surface area contributed by atoms with Gasteiger partial charge in [0.25, 0.3) is 0 Å². The summed E-state index contributed by atoms with van der Waals surface area (Å²) < 4.78 is 0. The maximum atomic E-state index is 3.67. The highest BCUT2D eigenvalue weighted by Gasteiger charge is 2.39. The molecule has 1 N–H and O–H groups in total. The molecular weight excluding hydrogens is 232 g/mol. The molecule has 2 heterocycles. The van der Waals surface area contributed by atoms with Crippen LogP contribution in [-0.2, 0) is 0 Å². The Morgan fingerprint density at radius 1 is 0.895 bits per heavy atom. The lowest BCUT2D eigenvalue weighted by atomic mass is 9.96. The summed E-state index contributed by atoms with van der Waals surface area (Å²) in [6.45, 7) is 7.05. The number of hydrogen-bond acceptors (Lipinski definition) is 2. The summed E-state index contributed by atoms with van der Waals surface area (Å²) in [5.41, 5.74) is 0. The molecule has 0 aliphatic carbocycles. The minimum atomic E-state index is 0.809. The van der Waals surface area contributed by atoms with Crippen molar-refractivity contribution in [3.8, 4) is 0 Å². The summed E-state index contributed by atoms with van der Waals surface area (Å²) in [7, 11) is 0. The Hall–Kier alpha value is -0.0800. The minimum absolute atomic E-state index is 0.809. The first-order valence-corrected chi connectivity index (χ1v) is 8.84. The highest BCUT2D eigenvalue weighted by atomic mass is 15.2. The van der Waals surface area contributed by atoms with Gasteiger partial charge in [-0.15, -0.1) is 0 Å². The maximum Gasteiger partial charge on any atom is 0.0114 e. The van der Waals surface area contributed by atoms with Crippen molar-refractivity contribution in [1.82, 2.24) is 10.2 Å². The predicted molar refractivity (Wildman–Crippen MR) is 83.6 cm³/mol. The fraction of sp³-hybridized carbons (Fsp3) is 1.00. The molecule has 0 amide bonds. The zero-order valence-corrected chi connectivity index (χ0v) is 13.2. The van der Waals surface area contributed by atoms with Gasteiger partial charge in [-0.3, -0.25) is 4.90 Å². The highest BCUT2D eigenvalue weighted by Crippen LogP contribution is 2.35. The monoisotopic (exact) mass is 266 g/mol. The first-order valence-electron chi connectivity index (χ1n) is 8.84.